The first-order chi connectivity index (χ1) is 18.3. The molecule has 3 aromatic carbocycles. The topological polar surface area (TPSA) is 98.2 Å². The second-order valence-electron chi connectivity index (χ2n) is 8.91. The maximum Gasteiger partial charge on any atom is 0.301 e. The summed E-state index contributed by atoms with van der Waals surface area (Å²) in [5.74, 6) is -0.682. The quantitative estimate of drug-likeness (QED) is 0.198. The SMILES string of the molecule is COc1cccc(C(O)=C2C(=O)C(=O)N(c3nc4c(C)cc(C)cc4s3)C2c2cccc(OC)c2OC)c1. The van der Waals surface area contributed by atoms with Crippen LogP contribution in [0.5, 0.6) is 17.2 Å². The largest absolute Gasteiger partial charge is 0.507 e. The number of methoxy groups -OCH3 is 3. The van der Waals surface area contributed by atoms with Gasteiger partial charge in [-0.15, -0.1) is 0 Å². The van der Waals surface area contributed by atoms with Gasteiger partial charge in [-0.1, -0.05) is 41.7 Å². The standard InChI is InChI=1S/C29H26N2O6S/c1-15-12-16(2)23-21(13-15)38-29(30-23)31-24(19-10-7-11-20(36-4)27(19)37-5)22(26(33)28(31)34)25(32)17-8-6-9-18(14-17)35-3/h6-14,24,32H,1-5H3. The molecule has 0 radical (unpaired) electrons. The molecule has 1 fully saturated rings. The molecule has 1 unspecified atom stereocenters. The Morgan fingerprint density at radius 1 is 0.974 bits per heavy atom. The molecule has 2 heterocycles. The molecule has 38 heavy (non-hydrogen) atoms. The van der Waals surface area contributed by atoms with Crippen LogP contribution >= 0.6 is 11.3 Å². The number of carbonyl (C=O) groups excluding carboxylic acids is 2. The fourth-order valence-corrected chi connectivity index (χ4v) is 6.01. The van der Waals surface area contributed by atoms with E-state index in [4.69, 9.17) is 19.2 Å². The average molecular weight is 531 g/mol. The Bertz CT molecular complexity index is 1620. The van der Waals surface area contributed by atoms with Crippen LogP contribution in [-0.4, -0.2) is 43.1 Å². The molecule has 1 aliphatic rings. The molecule has 5 rings (SSSR count). The number of aliphatic hydroxyl groups is 1. The predicted octanol–water partition coefficient (Wildman–Crippen LogP) is 5.57. The van der Waals surface area contributed by atoms with E-state index >= 15 is 0 Å². The van der Waals surface area contributed by atoms with Gasteiger partial charge in [0.05, 0.1) is 37.1 Å². The maximum absolute atomic E-state index is 13.6. The summed E-state index contributed by atoms with van der Waals surface area (Å²) in [4.78, 5) is 33.3. The number of aryl methyl sites for hydroxylation is 2. The zero-order valence-electron chi connectivity index (χ0n) is 21.6. The molecule has 0 saturated carbocycles. The minimum absolute atomic E-state index is 0.0815. The van der Waals surface area contributed by atoms with Crippen molar-refractivity contribution in [3.05, 3.63) is 82.4 Å². The summed E-state index contributed by atoms with van der Waals surface area (Å²) >= 11 is 1.31. The van der Waals surface area contributed by atoms with E-state index in [1.54, 1.807) is 42.5 Å². The van der Waals surface area contributed by atoms with Crippen molar-refractivity contribution in [3.8, 4) is 17.2 Å². The van der Waals surface area contributed by atoms with Crippen LogP contribution in [0.25, 0.3) is 16.0 Å². The number of benzene rings is 3. The minimum atomic E-state index is -1.02. The highest BCUT2D eigenvalue weighted by Crippen LogP contribution is 2.48. The highest BCUT2D eigenvalue weighted by Gasteiger charge is 2.49. The van der Waals surface area contributed by atoms with E-state index in [-0.39, 0.29) is 11.3 Å². The third kappa shape index (κ3) is 4.05. The molecule has 1 atom stereocenters. The lowest BCUT2D eigenvalue weighted by Gasteiger charge is -2.25. The summed E-state index contributed by atoms with van der Waals surface area (Å²) in [6, 6.07) is 14.9. The number of carbonyl (C=O) groups is 2. The number of amides is 1. The van der Waals surface area contributed by atoms with Crippen LogP contribution in [0.4, 0.5) is 5.13 Å². The Hall–Kier alpha value is -4.37. The molecule has 1 saturated heterocycles. The highest BCUT2D eigenvalue weighted by atomic mass is 32.1. The fourth-order valence-electron chi connectivity index (χ4n) is 4.84. The first-order valence-corrected chi connectivity index (χ1v) is 12.6. The Morgan fingerprint density at radius 2 is 1.74 bits per heavy atom. The molecule has 0 aliphatic carbocycles. The summed E-state index contributed by atoms with van der Waals surface area (Å²) in [6.45, 7) is 3.95. The van der Waals surface area contributed by atoms with Crippen LogP contribution < -0.4 is 19.1 Å². The molecule has 8 nitrogen and oxygen atoms in total. The van der Waals surface area contributed by atoms with Gasteiger partial charge in [0.15, 0.2) is 16.6 Å². The van der Waals surface area contributed by atoms with Crippen molar-refractivity contribution >= 4 is 44.1 Å². The third-order valence-corrected chi connectivity index (χ3v) is 7.54. The second-order valence-corrected chi connectivity index (χ2v) is 9.92. The van der Waals surface area contributed by atoms with E-state index in [0.29, 0.717) is 33.5 Å². The van der Waals surface area contributed by atoms with E-state index in [1.165, 1.54) is 37.6 Å². The number of Topliss-reactive ketones (excluding diaryl/α,β-unsaturated/α-hetero) is 1. The van der Waals surface area contributed by atoms with Gasteiger partial charge in [0.25, 0.3) is 5.78 Å². The number of aliphatic hydroxyl groups excluding tert-OH is 1. The fraction of sp³-hybridized carbons (Fsp3) is 0.207. The van der Waals surface area contributed by atoms with E-state index < -0.39 is 17.7 Å². The van der Waals surface area contributed by atoms with E-state index in [9.17, 15) is 14.7 Å². The zero-order valence-corrected chi connectivity index (χ0v) is 22.4. The number of ether oxygens (including phenoxy) is 3. The third-order valence-electron chi connectivity index (χ3n) is 6.54. The number of fused-ring (bicyclic) bond motifs is 1. The Kier molecular flexibility index (Phi) is 6.54. The number of hydrogen-bond donors (Lipinski definition) is 1. The number of thiazole rings is 1. The molecule has 0 bridgehead atoms. The van der Waals surface area contributed by atoms with Crippen molar-refractivity contribution in [1.82, 2.24) is 4.98 Å². The van der Waals surface area contributed by atoms with Crippen molar-refractivity contribution < 1.29 is 28.9 Å². The van der Waals surface area contributed by atoms with Gasteiger partial charge in [-0.25, -0.2) is 4.98 Å². The van der Waals surface area contributed by atoms with E-state index in [0.717, 1.165) is 21.3 Å². The van der Waals surface area contributed by atoms with Gasteiger partial charge in [0.1, 0.15) is 17.6 Å². The highest BCUT2D eigenvalue weighted by molar-refractivity contribution is 7.22. The molecule has 194 valence electrons. The maximum atomic E-state index is 13.6. The number of nitrogens with zero attached hydrogens (tertiary/aromatic N) is 2. The summed E-state index contributed by atoms with van der Waals surface area (Å²) in [5.41, 5.74) is 3.51. The first kappa shape index (κ1) is 25.3. The molecular weight excluding hydrogens is 504 g/mol. The normalized spacial score (nSPS) is 16.8. The van der Waals surface area contributed by atoms with Crippen molar-refractivity contribution in [2.45, 2.75) is 19.9 Å². The van der Waals surface area contributed by atoms with Crippen molar-refractivity contribution in [2.24, 2.45) is 0 Å². The number of hydrogen-bond acceptors (Lipinski definition) is 8. The molecule has 1 aliphatic heterocycles. The molecule has 1 N–H and O–H groups in total. The van der Waals surface area contributed by atoms with Crippen LogP contribution in [0.15, 0.2) is 60.2 Å². The number of rotatable bonds is 6. The number of ketones is 1. The monoisotopic (exact) mass is 530 g/mol. The minimum Gasteiger partial charge on any atom is -0.507 e. The van der Waals surface area contributed by atoms with Crippen molar-refractivity contribution in [2.75, 3.05) is 26.2 Å². The van der Waals surface area contributed by atoms with Gasteiger partial charge < -0.3 is 19.3 Å². The molecule has 9 heteroatoms. The van der Waals surface area contributed by atoms with Gasteiger partial charge in [-0.05, 0) is 49.2 Å². The molecule has 4 aromatic rings. The van der Waals surface area contributed by atoms with Crippen molar-refractivity contribution in [1.29, 1.82) is 0 Å². The Labute approximate surface area is 223 Å². The van der Waals surface area contributed by atoms with Gasteiger partial charge in [-0.2, -0.15) is 0 Å². The predicted molar refractivity (Wildman–Crippen MR) is 146 cm³/mol. The Balaban J connectivity index is 1.80. The van der Waals surface area contributed by atoms with Gasteiger partial charge >= 0.3 is 5.91 Å². The zero-order chi connectivity index (χ0) is 27.1. The molecule has 1 amide bonds. The van der Waals surface area contributed by atoms with Crippen LogP contribution in [0.1, 0.15) is 28.3 Å². The molecular formula is C29H26N2O6S. The second kappa shape index (κ2) is 9.83. The van der Waals surface area contributed by atoms with Crippen LogP contribution in [0.2, 0.25) is 0 Å². The summed E-state index contributed by atoms with van der Waals surface area (Å²) in [7, 11) is 4.50. The van der Waals surface area contributed by atoms with E-state index in [1.807, 2.05) is 26.0 Å². The lowest BCUT2D eigenvalue weighted by atomic mass is 9.94. The summed E-state index contributed by atoms with van der Waals surface area (Å²) < 4.78 is 17.4. The van der Waals surface area contributed by atoms with Crippen LogP contribution in [0.3, 0.4) is 0 Å². The van der Waals surface area contributed by atoms with Gasteiger partial charge in [-0.3, -0.25) is 14.5 Å². The number of para-hydroxylation sites is 1. The average Bonchev–Trinajstić information content (AvgIpc) is 3.46. The number of aromatic nitrogens is 1. The lowest BCUT2D eigenvalue weighted by molar-refractivity contribution is -0.132. The van der Waals surface area contributed by atoms with Crippen LogP contribution in [0, 0.1) is 13.8 Å². The van der Waals surface area contributed by atoms with Gasteiger partial charge in [0.2, 0.25) is 0 Å². The summed E-state index contributed by atoms with van der Waals surface area (Å²) in [5, 5.41) is 11.8. The number of anilines is 1. The van der Waals surface area contributed by atoms with E-state index in [2.05, 4.69) is 0 Å². The Morgan fingerprint density at radius 3 is 2.45 bits per heavy atom. The van der Waals surface area contributed by atoms with Crippen molar-refractivity contribution in [3.63, 3.8) is 0 Å². The summed E-state index contributed by atoms with van der Waals surface area (Å²) in [6.07, 6.45) is 0. The molecule has 1 aromatic heterocycles. The lowest BCUT2D eigenvalue weighted by Crippen LogP contribution is -2.29. The van der Waals surface area contributed by atoms with Gasteiger partial charge in [0, 0.05) is 11.1 Å². The first-order valence-electron chi connectivity index (χ1n) is 11.8. The molecule has 0 spiro atoms. The van der Waals surface area contributed by atoms with Crippen LogP contribution in [-0.2, 0) is 9.59 Å². The smallest absolute Gasteiger partial charge is 0.301 e.